The first kappa shape index (κ1) is 19.8. The van der Waals surface area contributed by atoms with Gasteiger partial charge in [0.05, 0.1) is 11.4 Å². The topological polar surface area (TPSA) is 93.0 Å². The van der Waals surface area contributed by atoms with E-state index in [9.17, 15) is 9.59 Å². The van der Waals surface area contributed by atoms with Gasteiger partial charge in [-0.15, -0.1) is 10.2 Å². The van der Waals surface area contributed by atoms with Crippen LogP contribution >= 0.6 is 23.1 Å². The predicted octanol–water partition coefficient (Wildman–Crippen LogP) is 2.67. The van der Waals surface area contributed by atoms with E-state index in [-0.39, 0.29) is 17.6 Å². The molecule has 1 aliphatic rings. The number of thiazole rings is 1. The van der Waals surface area contributed by atoms with Crippen LogP contribution in [0.25, 0.3) is 0 Å². The lowest BCUT2D eigenvalue weighted by Gasteiger charge is -2.08. The molecule has 0 aromatic carbocycles. The fraction of sp³-hybridized carbons (Fsp3) is 0.588. The van der Waals surface area contributed by atoms with Gasteiger partial charge in [-0.25, -0.2) is 4.98 Å². The largest absolute Gasteiger partial charge is 0.344 e. The minimum Gasteiger partial charge on any atom is -0.344 e. The Kier molecular flexibility index (Phi) is 6.15. The Morgan fingerprint density at radius 3 is 2.67 bits per heavy atom. The zero-order valence-electron chi connectivity index (χ0n) is 16.0. The van der Waals surface area contributed by atoms with Gasteiger partial charge in [-0.1, -0.05) is 35.9 Å². The first-order chi connectivity index (χ1) is 12.9. The van der Waals surface area contributed by atoms with Crippen molar-refractivity contribution in [1.29, 1.82) is 0 Å². The molecule has 1 fully saturated rings. The molecule has 0 radical (unpaired) electrons. The maximum absolute atomic E-state index is 12.3. The normalized spacial score (nSPS) is 14.5. The number of carbonyl (C=O) groups excluding carboxylic acids is 2. The number of hydrogen-bond acceptors (Lipinski definition) is 7. The van der Waals surface area contributed by atoms with E-state index >= 15 is 0 Å². The molecule has 3 rings (SSSR count). The highest BCUT2D eigenvalue weighted by atomic mass is 32.2. The summed E-state index contributed by atoms with van der Waals surface area (Å²) in [5, 5.41) is 12.5. The van der Waals surface area contributed by atoms with Crippen LogP contribution in [-0.4, -0.2) is 56.3 Å². The van der Waals surface area contributed by atoms with E-state index in [4.69, 9.17) is 0 Å². The van der Waals surface area contributed by atoms with Gasteiger partial charge in [0.1, 0.15) is 10.7 Å². The maximum atomic E-state index is 12.3. The van der Waals surface area contributed by atoms with Crippen LogP contribution in [0.5, 0.6) is 0 Å². The van der Waals surface area contributed by atoms with Crippen molar-refractivity contribution in [2.45, 2.75) is 43.7 Å². The van der Waals surface area contributed by atoms with E-state index in [1.54, 1.807) is 21.0 Å². The molecule has 2 amide bonds. The average Bonchev–Trinajstić information content (AvgIpc) is 3.33. The molecule has 0 spiro atoms. The molecule has 1 aliphatic carbocycles. The van der Waals surface area contributed by atoms with E-state index in [0.717, 1.165) is 23.8 Å². The summed E-state index contributed by atoms with van der Waals surface area (Å²) in [4.78, 5) is 30.7. The molecule has 2 aromatic rings. The van der Waals surface area contributed by atoms with Crippen LogP contribution in [0, 0.1) is 6.92 Å². The van der Waals surface area contributed by atoms with Gasteiger partial charge >= 0.3 is 0 Å². The van der Waals surface area contributed by atoms with Gasteiger partial charge < -0.3 is 14.8 Å². The van der Waals surface area contributed by atoms with E-state index < -0.39 is 0 Å². The van der Waals surface area contributed by atoms with Gasteiger partial charge in [-0.2, -0.15) is 0 Å². The first-order valence-electron chi connectivity index (χ1n) is 8.87. The highest BCUT2D eigenvalue weighted by molar-refractivity contribution is 7.99. The van der Waals surface area contributed by atoms with Crippen LogP contribution in [0.15, 0.2) is 5.16 Å². The van der Waals surface area contributed by atoms with Crippen molar-refractivity contribution >= 4 is 40.0 Å². The zero-order chi connectivity index (χ0) is 19.6. The average molecular weight is 409 g/mol. The van der Waals surface area contributed by atoms with E-state index in [1.165, 1.54) is 40.8 Å². The van der Waals surface area contributed by atoms with Crippen LogP contribution in [0.3, 0.4) is 0 Å². The Morgan fingerprint density at radius 2 is 2.00 bits per heavy atom. The minimum atomic E-state index is -0.178. The third-order valence-corrected chi connectivity index (χ3v) is 6.65. The molecule has 146 valence electrons. The van der Waals surface area contributed by atoms with Crippen molar-refractivity contribution in [2.24, 2.45) is 7.05 Å². The second-order valence-corrected chi connectivity index (χ2v) is 8.79. The summed E-state index contributed by atoms with van der Waals surface area (Å²) in [6, 6.07) is 0. The fourth-order valence-electron chi connectivity index (χ4n) is 3.13. The second kappa shape index (κ2) is 8.39. The highest BCUT2D eigenvalue weighted by Gasteiger charge is 2.23. The number of nitrogens with zero attached hydrogens (tertiary/aromatic N) is 5. The minimum absolute atomic E-state index is 0.113. The summed E-state index contributed by atoms with van der Waals surface area (Å²) < 4.78 is 2.00. The molecule has 10 heteroatoms. The van der Waals surface area contributed by atoms with E-state index in [0.29, 0.717) is 21.6 Å². The smallest absolute Gasteiger partial charge is 0.265 e. The van der Waals surface area contributed by atoms with Gasteiger partial charge in [0.25, 0.3) is 5.91 Å². The number of anilines is 1. The summed E-state index contributed by atoms with van der Waals surface area (Å²) >= 11 is 2.55. The third kappa shape index (κ3) is 4.49. The highest BCUT2D eigenvalue weighted by Crippen LogP contribution is 2.34. The molecule has 0 atom stereocenters. The number of nitrogens with one attached hydrogen (secondary N) is 1. The van der Waals surface area contributed by atoms with Crippen molar-refractivity contribution in [1.82, 2.24) is 24.6 Å². The molecule has 0 saturated heterocycles. The second-order valence-electron chi connectivity index (χ2n) is 6.85. The van der Waals surface area contributed by atoms with Crippen LogP contribution in [0.2, 0.25) is 0 Å². The number of aryl methyl sites for hydroxylation is 1. The van der Waals surface area contributed by atoms with Crippen molar-refractivity contribution in [3.05, 3.63) is 16.4 Å². The number of thioether (sulfide) groups is 1. The Hall–Kier alpha value is -1.94. The maximum Gasteiger partial charge on any atom is 0.265 e. The number of aromatic nitrogens is 4. The quantitative estimate of drug-likeness (QED) is 0.739. The molecule has 0 unspecified atom stereocenters. The van der Waals surface area contributed by atoms with Crippen LogP contribution < -0.4 is 5.32 Å². The lowest BCUT2D eigenvalue weighted by Crippen LogP contribution is -2.21. The van der Waals surface area contributed by atoms with Gasteiger partial charge in [-0.3, -0.25) is 9.59 Å². The SMILES string of the molecule is Cc1nc(NC(=O)CSc2nnc(C3CCCC3)n2C)sc1C(=O)N(C)C. The summed E-state index contributed by atoms with van der Waals surface area (Å²) in [6.45, 7) is 1.77. The van der Waals surface area contributed by atoms with E-state index in [1.807, 2.05) is 11.6 Å². The molecular weight excluding hydrogens is 384 g/mol. The lowest BCUT2D eigenvalue weighted by atomic mass is 10.1. The van der Waals surface area contributed by atoms with Crippen molar-refractivity contribution in [3.63, 3.8) is 0 Å². The predicted molar refractivity (Wildman–Crippen MR) is 106 cm³/mol. The number of rotatable bonds is 6. The van der Waals surface area contributed by atoms with E-state index in [2.05, 4.69) is 20.5 Å². The summed E-state index contributed by atoms with van der Waals surface area (Å²) in [5.41, 5.74) is 0.621. The summed E-state index contributed by atoms with van der Waals surface area (Å²) in [6.07, 6.45) is 4.81. The Bertz CT molecular complexity index is 839. The van der Waals surface area contributed by atoms with Crippen molar-refractivity contribution in [2.75, 3.05) is 25.2 Å². The molecule has 2 aromatic heterocycles. The fourth-order valence-corrected chi connectivity index (χ4v) is 4.85. The monoisotopic (exact) mass is 408 g/mol. The summed E-state index contributed by atoms with van der Waals surface area (Å²) in [5.74, 6) is 1.42. The summed E-state index contributed by atoms with van der Waals surface area (Å²) in [7, 11) is 5.34. The molecule has 0 bridgehead atoms. The van der Waals surface area contributed by atoms with Gasteiger partial charge in [0.15, 0.2) is 10.3 Å². The van der Waals surface area contributed by atoms with Gasteiger partial charge in [-0.05, 0) is 19.8 Å². The van der Waals surface area contributed by atoms with Crippen molar-refractivity contribution in [3.8, 4) is 0 Å². The van der Waals surface area contributed by atoms with Gasteiger partial charge in [0, 0.05) is 27.1 Å². The number of carbonyl (C=O) groups is 2. The number of hydrogen-bond donors (Lipinski definition) is 1. The third-order valence-electron chi connectivity index (χ3n) is 4.56. The standard InChI is InChI=1S/C17H24N6O2S2/c1-10-13(15(25)22(2)3)27-16(18-10)19-12(24)9-26-17-21-20-14(23(17)4)11-7-5-6-8-11/h11H,5-9H2,1-4H3,(H,18,19,24). The van der Waals surface area contributed by atoms with Gasteiger partial charge in [0.2, 0.25) is 5.91 Å². The van der Waals surface area contributed by atoms with Crippen LogP contribution in [0.4, 0.5) is 5.13 Å². The molecule has 8 nitrogen and oxygen atoms in total. The first-order valence-corrected chi connectivity index (χ1v) is 10.7. The number of amides is 2. The molecule has 0 aliphatic heterocycles. The molecule has 2 heterocycles. The zero-order valence-corrected chi connectivity index (χ0v) is 17.6. The Labute approximate surface area is 166 Å². The van der Waals surface area contributed by atoms with Crippen LogP contribution in [-0.2, 0) is 11.8 Å². The lowest BCUT2D eigenvalue weighted by molar-refractivity contribution is -0.113. The Morgan fingerprint density at radius 1 is 1.30 bits per heavy atom. The van der Waals surface area contributed by atoms with Crippen molar-refractivity contribution < 1.29 is 9.59 Å². The Balaban J connectivity index is 1.57. The molecule has 1 N–H and O–H groups in total. The van der Waals surface area contributed by atoms with Crippen LogP contribution in [0.1, 0.15) is 52.8 Å². The molecule has 27 heavy (non-hydrogen) atoms. The molecule has 1 saturated carbocycles. The molecular formula is C17H24N6O2S2.